The molecule has 3 aromatic rings. The van der Waals surface area contributed by atoms with Crippen molar-refractivity contribution in [3.8, 4) is 0 Å². The monoisotopic (exact) mass is 457 g/mol. The number of piperazine rings is 1. The second-order valence-electron chi connectivity index (χ2n) is 8.42. The summed E-state index contributed by atoms with van der Waals surface area (Å²) >= 11 is 1.50. The summed E-state index contributed by atoms with van der Waals surface area (Å²) in [5, 5.41) is 1.95. The Kier molecular flexibility index (Phi) is 6.11. The molecule has 2 aliphatic rings. The van der Waals surface area contributed by atoms with Crippen molar-refractivity contribution in [3.63, 3.8) is 0 Å². The van der Waals surface area contributed by atoms with Crippen molar-refractivity contribution in [1.82, 2.24) is 9.80 Å². The zero-order valence-corrected chi connectivity index (χ0v) is 19.6. The van der Waals surface area contributed by atoms with Gasteiger partial charge in [0.15, 0.2) is 0 Å². The minimum absolute atomic E-state index is 0.218. The summed E-state index contributed by atoms with van der Waals surface area (Å²) in [4.78, 5) is 33.9. The number of aryl methyl sites for hydroxylation is 1. The molecule has 0 spiro atoms. The number of anilines is 1. The molecule has 1 saturated heterocycles. The van der Waals surface area contributed by atoms with Crippen LogP contribution in [0.5, 0.6) is 0 Å². The summed E-state index contributed by atoms with van der Waals surface area (Å²) in [7, 11) is 0. The number of nitrogens with zero attached hydrogens (tertiary/aromatic N) is 3. The summed E-state index contributed by atoms with van der Waals surface area (Å²) in [5.74, 6) is -0.447. The van der Waals surface area contributed by atoms with E-state index in [-0.39, 0.29) is 11.8 Å². The Hall–Kier alpha value is -3.22. The van der Waals surface area contributed by atoms with Gasteiger partial charge in [-0.15, -0.1) is 11.3 Å². The largest absolute Gasteiger partial charge is 0.364 e. The molecule has 33 heavy (non-hydrogen) atoms. The van der Waals surface area contributed by atoms with Crippen LogP contribution in [0.15, 0.2) is 77.8 Å². The van der Waals surface area contributed by atoms with Crippen molar-refractivity contribution in [1.29, 1.82) is 0 Å². The van der Waals surface area contributed by atoms with E-state index in [0.29, 0.717) is 17.0 Å². The van der Waals surface area contributed by atoms with Gasteiger partial charge in [-0.05, 0) is 41.1 Å². The Balaban J connectivity index is 1.40. The molecule has 168 valence electrons. The molecule has 3 heterocycles. The van der Waals surface area contributed by atoms with Gasteiger partial charge in [-0.3, -0.25) is 14.5 Å². The lowest BCUT2D eigenvalue weighted by Crippen LogP contribution is -2.47. The van der Waals surface area contributed by atoms with E-state index in [9.17, 15) is 9.59 Å². The highest BCUT2D eigenvalue weighted by atomic mass is 32.1. The molecule has 2 aromatic carbocycles. The highest BCUT2D eigenvalue weighted by Gasteiger charge is 2.43. The van der Waals surface area contributed by atoms with E-state index in [4.69, 9.17) is 0 Å². The molecule has 0 radical (unpaired) electrons. The Morgan fingerprint density at radius 3 is 2.15 bits per heavy atom. The SMILES string of the molecule is CCc1ccc(N2C(=O)C(c3cccs3)=C(N3CCN(Cc4ccccc4)CC3)C2=O)cc1. The molecule has 0 atom stereocenters. The Morgan fingerprint density at radius 2 is 1.52 bits per heavy atom. The fourth-order valence-corrected chi connectivity index (χ4v) is 5.30. The van der Waals surface area contributed by atoms with Gasteiger partial charge in [-0.1, -0.05) is 55.5 Å². The summed E-state index contributed by atoms with van der Waals surface area (Å²) < 4.78 is 0. The lowest BCUT2D eigenvalue weighted by atomic mass is 10.1. The first-order valence-electron chi connectivity index (χ1n) is 11.4. The summed E-state index contributed by atoms with van der Waals surface area (Å²) in [6.45, 7) is 6.13. The number of rotatable bonds is 6. The predicted molar refractivity (Wildman–Crippen MR) is 133 cm³/mol. The Morgan fingerprint density at radius 1 is 0.788 bits per heavy atom. The van der Waals surface area contributed by atoms with E-state index in [2.05, 4.69) is 41.0 Å². The zero-order valence-electron chi connectivity index (χ0n) is 18.7. The predicted octanol–water partition coefficient (Wildman–Crippen LogP) is 4.41. The van der Waals surface area contributed by atoms with Gasteiger partial charge in [0.1, 0.15) is 5.70 Å². The first-order valence-corrected chi connectivity index (χ1v) is 12.3. The lowest BCUT2D eigenvalue weighted by molar-refractivity contribution is -0.120. The van der Waals surface area contributed by atoms with Gasteiger partial charge < -0.3 is 4.90 Å². The molecular formula is C27H27N3O2S. The number of benzene rings is 2. The average Bonchev–Trinajstić information content (AvgIpc) is 3.46. The lowest BCUT2D eigenvalue weighted by Gasteiger charge is -2.36. The number of carbonyl (C=O) groups is 2. The van der Waals surface area contributed by atoms with Crippen LogP contribution in [0.3, 0.4) is 0 Å². The maximum Gasteiger partial charge on any atom is 0.282 e. The van der Waals surface area contributed by atoms with E-state index < -0.39 is 0 Å². The van der Waals surface area contributed by atoms with Crippen molar-refractivity contribution in [2.75, 3.05) is 31.1 Å². The second kappa shape index (κ2) is 9.33. The van der Waals surface area contributed by atoms with Crippen molar-refractivity contribution in [2.45, 2.75) is 19.9 Å². The van der Waals surface area contributed by atoms with Gasteiger partial charge in [-0.25, -0.2) is 4.90 Å². The van der Waals surface area contributed by atoms with Gasteiger partial charge >= 0.3 is 0 Å². The normalized spacial score (nSPS) is 17.4. The van der Waals surface area contributed by atoms with E-state index in [1.54, 1.807) is 0 Å². The zero-order chi connectivity index (χ0) is 22.8. The van der Waals surface area contributed by atoms with Gasteiger partial charge in [0, 0.05) is 37.6 Å². The van der Waals surface area contributed by atoms with Crippen molar-refractivity contribution >= 4 is 34.4 Å². The highest BCUT2D eigenvalue weighted by molar-refractivity contribution is 7.11. The van der Waals surface area contributed by atoms with Crippen LogP contribution in [0.1, 0.15) is 22.9 Å². The van der Waals surface area contributed by atoms with Crippen molar-refractivity contribution in [2.24, 2.45) is 0 Å². The van der Waals surface area contributed by atoms with Crippen LogP contribution >= 0.6 is 11.3 Å². The van der Waals surface area contributed by atoms with E-state index in [0.717, 1.165) is 44.0 Å². The molecular weight excluding hydrogens is 430 g/mol. The highest BCUT2D eigenvalue weighted by Crippen LogP contribution is 2.37. The maximum absolute atomic E-state index is 13.6. The first kappa shape index (κ1) is 21.6. The number of imide groups is 1. The van der Waals surface area contributed by atoms with Crippen LogP contribution in [0.4, 0.5) is 5.69 Å². The quantitative estimate of drug-likeness (QED) is 0.514. The van der Waals surface area contributed by atoms with Crippen LogP contribution in [0.25, 0.3) is 5.57 Å². The van der Waals surface area contributed by atoms with Gasteiger partial charge in [0.25, 0.3) is 11.8 Å². The molecule has 0 saturated carbocycles. The molecule has 6 heteroatoms. The van der Waals surface area contributed by atoms with E-state index in [1.807, 2.05) is 47.8 Å². The Bertz CT molecular complexity index is 1160. The second-order valence-corrected chi connectivity index (χ2v) is 9.36. The molecule has 1 fully saturated rings. The minimum atomic E-state index is -0.228. The number of amides is 2. The minimum Gasteiger partial charge on any atom is -0.364 e. The number of hydrogen-bond acceptors (Lipinski definition) is 5. The molecule has 0 aliphatic carbocycles. The topological polar surface area (TPSA) is 43.9 Å². The van der Waals surface area contributed by atoms with Crippen LogP contribution < -0.4 is 4.90 Å². The molecule has 5 nitrogen and oxygen atoms in total. The fraction of sp³-hybridized carbons (Fsp3) is 0.259. The van der Waals surface area contributed by atoms with E-state index in [1.165, 1.54) is 27.4 Å². The Labute approximate surface area is 198 Å². The molecule has 5 rings (SSSR count). The third-order valence-electron chi connectivity index (χ3n) is 6.37. The van der Waals surface area contributed by atoms with Crippen LogP contribution in [0.2, 0.25) is 0 Å². The van der Waals surface area contributed by atoms with Crippen LogP contribution in [-0.4, -0.2) is 47.8 Å². The molecule has 0 unspecified atom stereocenters. The number of carbonyl (C=O) groups excluding carboxylic acids is 2. The van der Waals surface area contributed by atoms with Gasteiger partial charge in [0.2, 0.25) is 0 Å². The molecule has 0 bridgehead atoms. The molecule has 0 N–H and O–H groups in total. The number of hydrogen-bond donors (Lipinski definition) is 0. The van der Waals surface area contributed by atoms with E-state index >= 15 is 0 Å². The molecule has 2 amide bonds. The number of thiophene rings is 1. The first-order chi connectivity index (χ1) is 16.2. The van der Waals surface area contributed by atoms with Gasteiger partial charge in [0.05, 0.1) is 11.3 Å². The third-order valence-corrected chi connectivity index (χ3v) is 7.25. The maximum atomic E-state index is 13.6. The molecule has 2 aliphatic heterocycles. The van der Waals surface area contributed by atoms with Gasteiger partial charge in [-0.2, -0.15) is 0 Å². The molecule has 1 aromatic heterocycles. The van der Waals surface area contributed by atoms with Crippen LogP contribution in [-0.2, 0) is 22.6 Å². The third kappa shape index (κ3) is 4.24. The summed E-state index contributed by atoms with van der Waals surface area (Å²) in [6.07, 6.45) is 0.916. The van der Waals surface area contributed by atoms with Crippen molar-refractivity contribution in [3.05, 3.63) is 93.8 Å². The smallest absolute Gasteiger partial charge is 0.282 e. The summed E-state index contributed by atoms with van der Waals surface area (Å²) in [5.41, 5.74) is 4.18. The summed E-state index contributed by atoms with van der Waals surface area (Å²) in [6, 6.07) is 22.0. The van der Waals surface area contributed by atoms with Crippen LogP contribution in [0, 0.1) is 0 Å². The fourth-order valence-electron chi connectivity index (χ4n) is 4.54. The average molecular weight is 458 g/mol. The van der Waals surface area contributed by atoms with Crippen molar-refractivity contribution < 1.29 is 9.59 Å². The standard InChI is InChI=1S/C27H27N3O2S/c1-2-20-10-12-22(13-11-20)30-26(31)24(23-9-6-18-33-23)25(27(30)32)29-16-14-28(15-17-29)19-21-7-4-3-5-8-21/h3-13,18H,2,14-17,19H2,1H3.